The van der Waals surface area contributed by atoms with Crippen molar-refractivity contribution >= 4 is 5.91 Å². The quantitative estimate of drug-likeness (QED) is 0.930. The van der Waals surface area contributed by atoms with Gasteiger partial charge in [-0.1, -0.05) is 12.1 Å². The lowest BCUT2D eigenvalue weighted by Crippen LogP contribution is -2.43. The number of benzene rings is 1. The Labute approximate surface area is 120 Å². The third kappa shape index (κ3) is 3.87. The number of amides is 1. The minimum Gasteiger partial charge on any atom is -0.491 e. The van der Waals surface area contributed by atoms with Crippen LogP contribution in [0.1, 0.15) is 31.9 Å². The summed E-state index contributed by atoms with van der Waals surface area (Å²) in [5.74, 6) is -0.0268. The summed E-state index contributed by atoms with van der Waals surface area (Å²) in [5, 5.41) is 0.927. The number of hydrogen-bond donors (Lipinski definition) is 1. The highest BCUT2D eigenvalue weighted by molar-refractivity contribution is 5.77. The number of halogens is 3. The van der Waals surface area contributed by atoms with Crippen LogP contribution in [0.25, 0.3) is 0 Å². The number of carbonyl (C=O) groups excluding carboxylic acids is 1. The topological polar surface area (TPSA) is 41.6 Å². The van der Waals surface area contributed by atoms with Gasteiger partial charge in [0.05, 0.1) is 6.10 Å². The van der Waals surface area contributed by atoms with E-state index in [1.807, 2.05) is 0 Å². The van der Waals surface area contributed by atoms with Gasteiger partial charge in [0.2, 0.25) is 5.91 Å². The van der Waals surface area contributed by atoms with Crippen molar-refractivity contribution in [1.29, 1.82) is 0 Å². The van der Waals surface area contributed by atoms with E-state index in [0.717, 1.165) is 5.01 Å². The molecule has 0 saturated carbocycles. The molecule has 21 heavy (non-hydrogen) atoms. The second kappa shape index (κ2) is 5.93. The first kappa shape index (κ1) is 15.6. The Kier molecular flexibility index (Phi) is 4.41. The molecule has 1 N–H and O–H groups in total. The lowest BCUT2D eigenvalue weighted by Gasteiger charge is -2.29. The van der Waals surface area contributed by atoms with Crippen LogP contribution in [0.5, 0.6) is 5.75 Å². The maximum absolute atomic E-state index is 13.3. The molecule has 0 spiro atoms. The predicted octanol–water partition coefficient (Wildman–Crippen LogP) is 2.81. The average Bonchev–Trinajstić information content (AvgIpc) is 2.73. The molecule has 1 fully saturated rings. The van der Waals surface area contributed by atoms with Gasteiger partial charge in [-0.2, -0.15) is 13.2 Å². The van der Waals surface area contributed by atoms with Gasteiger partial charge < -0.3 is 4.74 Å². The number of alkyl halides is 3. The summed E-state index contributed by atoms with van der Waals surface area (Å²) in [5.41, 5.74) is 2.30. The van der Waals surface area contributed by atoms with E-state index in [-0.39, 0.29) is 24.6 Å². The first-order valence-corrected chi connectivity index (χ1v) is 6.67. The van der Waals surface area contributed by atoms with Crippen LogP contribution in [0, 0.1) is 0 Å². The van der Waals surface area contributed by atoms with Crippen molar-refractivity contribution in [3.05, 3.63) is 29.8 Å². The third-order valence-electron chi connectivity index (χ3n) is 3.02. The van der Waals surface area contributed by atoms with Gasteiger partial charge in [-0.05, 0) is 31.5 Å². The highest BCUT2D eigenvalue weighted by Crippen LogP contribution is 2.38. The molecule has 0 aliphatic carbocycles. The fourth-order valence-electron chi connectivity index (χ4n) is 2.26. The van der Waals surface area contributed by atoms with Gasteiger partial charge in [-0.25, -0.2) is 5.01 Å². The van der Waals surface area contributed by atoms with Crippen molar-refractivity contribution in [3.63, 3.8) is 0 Å². The van der Waals surface area contributed by atoms with Crippen molar-refractivity contribution in [2.45, 2.75) is 38.6 Å². The summed E-state index contributed by atoms with van der Waals surface area (Å²) in [4.78, 5) is 11.2. The van der Waals surface area contributed by atoms with Crippen LogP contribution in [0.2, 0.25) is 0 Å². The van der Waals surface area contributed by atoms with Gasteiger partial charge in [0.25, 0.3) is 0 Å². The SMILES string of the molecule is CC(C)Oc1cccc([C@H](N2CCC(=O)N2)C(F)(F)F)c1. The van der Waals surface area contributed by atoms with E-state index in [9.17, 15) is 18.0 Å². The van der Waals surface area contributed by atoms with Gasteiger partial charge in [-0.3, -0.25) is 10.2 Å². The van der Waals surface area contributed by atoms with Crippen molar-refractivity contribution in [3.8, 4) is 5.75 Å². The van der Waals surface area contributed by atoms with E-state index in [0.29, 0.717) is 5.75 Å². The summed E-state index contributed by atoms with van der Waals surface area (Å²) >= 11 is 0. The normalized spacial score (nSPS) is 17.9. The Morgan fingerprint density at radius 3 is 2.57 bits per heavy atom. The number of rotatable bonds is 4. The van der Waals surface area contributed by atoms with Crippen molar-refractivity contribution < 1.29 is 22.7 Å². The van der Waals surface area contributed by atoms with Crippen molar-refractivity contribution in [2.75, 3.05) is 6.54 Å². The zero-order chi connectivity index (χ0) is 15.6. The van der Waals surface area contributed by atoms with E-state index in [1.54, 1.807) is 19.9 Å². The number of ether oxygens (including phenoxy) is 1. The van der Waals surface area contributed by atoms with E-state index in [1.165, 1.54) is 18.2 Å². The van der Waals surface area contributed by atoms with Gasteiger partial charge in [0, 0.05) is 13.0 Å². The predicted molar refractivity (Wildman–Crippen MR) is 70.5 cm³/mol. The molecule has 1 aromatic carbocycles. The Morgan fingerprint density at radius 1 is 1.33 bits per heavy atom. The van der Waals surface area contributed by atoms with E-state index >= 15 is 0 Å². The number of hydrogen-bond acceptors (Lipinski definition) is 3. The summed E-state index contributed by atoms with van der Waals surface area (Å²) in [6.07, 6.45) is -4.56. The third-order valence-corrected chi connectivity index (χ3v) is 3.02. The van der Waals surface area contributed by atoms with E-state index < -0.39 is 18.1 Å². The van der Waals surface area contributed by atoms with Crippen LogP contribution in [-0.2, 0) is 4.79 Å². The molecule has 4 nitrogen and oxygen atoms in total. The monoisotopic (exact) mass is 302 g/mol. The summed E-state index contributed by atoms with van der Waals surface area (Å²) in [6.45, 7) is 3.63. The molecule has 1 amide bonds. The molecule has 2 rings (SSSR count). The molecule has 0 radical (unpaired) electrons. The fourth-order valence-corrected chi connectivity index (χ4v) is 2.26. The lowest BCUT2D eigenvalue weighted by molar-refractivity contribution is -0.191. The molecule has 0 bridgehead atoms. The Hall–Kier alpha value is -1.76. The standard InChI is InChI=1S/C14H17F3N2O2/c1-9(2)21-11-5-3-4-10(8-11)13(14(15,16)17)19-7-6-12(20)18-19/h3-5,8-9,13H,6-7H2,1-2H3,(H,18,20)/t13-/m0/s1. The Morgan fingerprint density at radius 2 is 2.05 bits per heavy atom. The second-order valence-corrected chi connectivity index (χ2v) is 5.16. The molecular weight excluding hydrogens is 285 g/mol. The summed E-state index contributed by atoms with van der Waals surface area (Å²) < 4.78 is 45.5. The number of nitrogens with zero attached hydrogens (tertiary/aromatic N) is 1. The number of carbonyl (C=O) groups is 1. The van der Waals surface area contributed by atoms with Crippen LogP contribution in [-0.4, -0.2) is 29.7 Å². The lowest BCUT2D eigenvalue weighted by atomic mass is 10.1. The Balaban J connectivity index is 2.31. The average molecular weight is 302 g/mol. The molecule has 1 atom stereocenters. The summed E-state index contributed by atoms with van der Waals surface area (Å²) in [6, 6.07) is 4.00. The molecule has 0 unspecified atom stereocenters. The molecular formula is C14H17F3N2O2. The van der Waals surface area contributed by atoms with Crippen LogP contribution < -0.4 is 10.2 Å². The minimum atomic E-state index is -4.49. The molecule has 1 heterocycles. The zero-order valence-corrected chi connectivity index (χ0v) is 11.8. The molecule has 1 aliphatic rings. The van der Waals surface area contributed by atoms with Gasteiger partial charge in [0.1, 0.15) is 11.8 Å². The van der Waals surface area contributed by atoms with E-state index in [4.69, 9.17) is 4.74 Å². The maximum Gasteiger partial charge on any atom is 0.409 e. The van der Waals surface area contributed by atoms with Crippen LogP contribution in [0.15, 0.2) is 24.3 Å². The highest BCUT2D eigenvalue weighted by Gasteiger charge is 2.47. The first-order valence-electron chi connectivity index (χ1n) is 6.67. The smallest absolute Gasteiger partial charge is 0.409 e. The van der Waals surface area contributed by atoms with Gasteiger partial charge in [-0.15, -0.1) is 0 Å². The molecule has 1 aliphatic heterocycles. The molecule has 7 heteroatoms. The molecule has 1 aromatic rings. The van der Waals surface area contributed by atoms with E-state index in [2.05, 4.69) is 5.43 Å². The highest BCUT2D eigenvalue weighted by atomic mass is 19.4. The second-order valence-electron chi connectivity index (χ2n) is 5.16. The zero-order valence-electron chi connectivity index (χ0n) is 11.8. The number of hydrazine groups is 1. The molecule has 0 aromatic heterocycles. The fraction of sp³-hybridized carbons (Fsp3) is 0.500. The van der Waals surface area contributed by atoms with Crippen LogP contribution in [0.3, 0.4) is 0 Å². The largest absolute Gasteiger partial charge is 0.491 e. The molecule has 1 saturated heterocycles. The molecule has 116 valence electrons. The summed E-state index contributed by atoms with van der Waals surface area (Å²) in [7, 11) is 0. The van der Waals surface area contributed by atoms with Gasteiger partial charge >= 0.3 is 6.18 Å². The van der Waals surface area contributed by atoms with Crippen molar-refractivity contribution in [2.24, 2.45) is 0 Å². The van der Waals surface area contributed by atoms with Crippen LogP contribution in [0.4, 0.5) is 13.2 Å². The van der Waals surface area contributed by atoms with Gasteiger partial charge in [0.15, 0.2) is 0 Å². The van der Waals surface area contributed by atoms with Crippen LogP contribution >= 0.6 is 0 Å². The minimum absolute atomic E-state index is 0.0261. The van der Waals surface area contributed by atoms with Crippen molar-refractivity contribution in [1.82, 2.24) is 10.4 Å². The Bertz CT molecular complexity index is 517. The maximum atomic E-state index is 13.3. The number of nitrogens with one attached hydrogen (secondary N) is 1. The first-order chi connectivity index (χ1) is 9.77.